The van der Waals surface area contributed by atoms with Crippen molar-refractivity contribution >= 4 is 5.78 Å². The minimum Gasteiger partial charge on any atom is -0.483 e. The Morgan fingerprint density at radius 1 is 0.765 bits per heavy atom. The number of pyridine rings is 1. The van der Waals surface area contributed by atoms with Crippen LogP contribution in [-0.2, 0) is 13.2 Å². The molecule has 0 aliphatic rings. The number of carbonyl (C=O) groups excluding carboxylic acids is 1. The standard InChI is InChI=1S/C30H45NO3/c1-3-4-5-6-7-8-9-10-11-12-13-14-15-19-23-31-24-22-28(33)30(29(31)26(2)32)34-25-27-20-17-16-18-21-27/h16-18,20-22,24H,3-15,19,23,25H2,1-2H3. The Morgan fingerprint density at radius 2 is 1.29 bits per heavy atom. The molecule has 2 aromatic rings. The van der Waals surface area contributed by atoms with Crippen LogP contribution in [0.25, 0.3) is 0 Å². The first-order valence-electron chi connectivity index (χ1n) is 13.5. The van der Waals surface area contributed by atoms with E-state index in [1.807, 2.05) is 34.9 Å². The number of rotatable bonds is 19. The van der Waals surface area contributed by atoms with Crippen molar-refractivity contribution in [2.45, 2.75) is 117 Å². The lowest BCUT2D eigenvalue weighted by Crippen LogP contribution is -2.19. The van der Waals surface area contributed by atoms with Crippen LogP contribution in [0.1, 0.15) is 120 Å². The van der Waals surface area contributed by atoms with Crippen LogP contribution in [0, 0.1) is 0 Å². The summed E-state index contributed by atoms with van der Waals surface area (Å²) in [7, 11) is 0. The Balaban J connectivity index is 1.67. The van der Waals surface area contributed by atoms with Crippen LogP contribution in [0.3, 0.4) is 0 Å². The fraction of sp³-hybridized carbons (Fsp3) is 0.600. The van der Waals surface area contributed by atoms with Gasteiger partial charge in [0.15, 0.2) is 11.5 Å². The topological polar surface area (TPSA) is 48.3 Å². The van der Waals surface area contributed by atoms with Gasteiger partial charge in [-0.2, -0.15) is 0 Å². The molecule has 0 N–H and O–H groups in total. The number of aromatic nitrogens is 1. The normalized spacial score (nSPS) is 11.0. The monoisotopic (exact) mass is 467 g/mol. The van der Waals surface area contributed by atoms with E-state index >= 15 is 0 Å². The Labute approximate surface area is 206 Å². The summed E-state index contributed by atoms with van der Waals surface area (Å²) in [5, 5.41) is 0. The van der Waals surface area contributed by atoms with Crippen LogP contribution < -0.4 is 10.2 Å². The van der Waals surface area contributed by atoms with E-state index in [4.69, 9.17) is 4.74 Å². The number of Topliss-reactive ketones (excluding diaryl/α,β-unsaturated/α-hetero) is 1. The maximum absolute atomic E-state index is 12.4. The molecule has 0 saturated carbocycles. The van der Waals surface area contributed by atoms with Crippen molar-refractivity contribution in [1.29, 1.82) is 0 Å². The van der Waals surface area contributed by atoms with Gasteiger partial charge in [0.25, 0.3) is 0 Å². The van der Waals surface area contributed by atoms with Crippen LogP contribution in [0.4, 0.5) is 0 Å². The van der Waals surface area contributed by atoms with Gasteiger partial charge in [-0.05, 0) is 12.0 Å². The molecule has 1 aromatic carbocycles. The summed E-state index contributed by atoms with van der Waals surface area (Å²) in [6.07, 6.45) is 20.2. The average molecular weight is 468 g/mol. The SMILES string of the molecule is CCCCCCCCCCCCCCCCn1ccc(=O)c(OCc2ccccc2)c1C(C)=O. The molecule has 1 aromatic heterocycles. The second-order valence-corrected chi connectivity index (χ2v) is 9.48. The number of benzene rings is 1. The van der Waals surface area contributed by atoms with Crippen molar-refractivity contribution in [1.82, 2.24) is 4.57 Å². The molecule has 0 saturated heterocycles. The molecule has 0 aliphatic carbocycles. The van der Waals surface area contributed by atoms with E-state index in [0.717, 1.165) is 24.9 Å². The molecule has 0 fully saturated rings. The van der Waals surface area contributed by atoms with Gasteiger partial charge in [-0.25, -0.2) is 0 Å². The molecule has 0 unspecified atom stereocenters. The highest BCUT2D eigenvalue weighted by atomic mass is 16.5. The van der Waals surface area contributed by atoms with Crippen molar-refractivity contribution in [3.63, 3.8) is 0 Å². The molecule has 188 valence electrons. The number of hydrogen-bond donors (Lipinski definition) is 0. The van der Waals surface area contributed by atoms with E-state index in [2.05, 4.69) is 6.92 Å². The van der Waals surface area contributed by atoms with Gasteiger partial charge in [0.1, 0.15) is 12.3 Å². The van der Waals surface area contributed by atoms with Gasteiger partial charge in [-0.1, -0.05) is 121 Å². The van der Waals surface area contributed by atoms with Gasteiger partial charge >= 0.3 is 0 Å². The lowest BCUT2D eigenvalue weighted by atomic mass is 10.0. The maximum Gasteiger partial charge on any atom is 0.224 e. The average Bonchev–Trinajstić information content (AvgIpc) is 2.84. The summed E-state index contributed by atoms with van der Waals surface area (Å²) in [5.41, 5.74) is 1.12. The van der Waals surface area contributed by atoms with Gasteiger partial charge < -0.3 is 9.30 Å². The van der Waals surface area contributed by atoms with E-state index in [9.17, 15) is 9.59 Å². The van der Waals surface area contributed by atoms with Crippen LogP contribution in [0.5, 0.6) is 5.75 Å². The largest absolute Gasteiger partial charge is 0.483 e. The highest BCUT2D eigenvalue weighted by Crippen LogP contribution is 2.18. The molecular weight excluding hydrogens is 422 g/mol. The van der Waals surface area contributed by atoms with Crippen molar-refractivity contribution in [2.24, 2.45) is 0 Å². The molecular formula is C30H45NO3. The highest BCUT2D eigenvalue weighted by molar-refractivity contribution is 5.95. The second-order valence-electron chi connectivity index (χ2n) is 9.48. The molecule has 34 heavy (non-hydrogen) atoms. The zero-order chi connectivity index (χ0) is 24.4. The number of aryl methyl sites for hydroxylation is 1. The van der Waals surface area contributed by atoms with Crippen LogP contribution in [0.2, 0.25) is 0 Å². The van der Waals surface area contributed by atoms with E-state index in [1.54, 1.807) is 6.20 Å². The molecule has 0 aliphatic heterocycles. The Kier molecular flexibility index (Phi) is 14.0. The number of unbranched alkanes of at least 4 members (excludes halogenated alkanes) is 13. The Morgan fingerprint density at radius 3 is 1.82 bits per heavy atom. The van der Waals surface area contributed by atoms with Crippen LogP contribution in [-0.4, -0.2) is 10.4 Å². The molecule has 0 radical (unpaired) electrons. The van der Waals surface area contributed by atoms with Crippen molar-refractivity contribution in [3.05, 3.63) is 64.1 Å². The van der Waals surface area contributed by atoms with E-state index in [-0.39, 0.29) is 23.6 Å². The van der Waals surface area contributed by atoms with Crippen molar-refractivity contribution in [3.8, 4) is 5.75 Å². The van der Waals surface area contributed by atoms with Gasteiger partial charge in [-0.15, -0.1) is 0 Å². The molecule has 4 heteroatoms. The summed E-state index contributed by atoms with van der Waals surface area (Å²) in [5.74, 6) is 0.0374. The van der Waals surface area contributed by atoms with Gasteiger partial charge in [0.05, 0.1) is 0 Å². The maximum atomic E-state index is 12.4. The molecule has 1 heterocycles. The molecule has 2 rings (SSSR count). The smallest absolute Gasteiger partial charge is 0.224 e. The van der Waals surface area contributed by atoms with E-state index in [1.165, 1.54) is 90.0 Å². The molecule has 4 nitrogen and oxygen atoms in total. The fourth-order valence-electron chi connectivity index (χ4n) is 4.45. The second kappa shape index (κ2) is 17.1. The predicted octanol–water partition coefficient (Wildman–Crippen LogP) is 8.11. The van der Waals surface area contributed by atoms with Gasteiger partial charge in [-0.3, -0.25) is 9.59 Å². The molecule has 0 atom stereocenters. The van der Waals surface area contributed by atoms with Crippen molar-refractivity contribution in [2.75, 3.05) is 0 Å². The van der Waals surface area contributed by atoms with Gasteiger partial charge in [0.2, 0.25) is 5.43 Å². The third-order valence-electron chi connectivity index (χ3n) is 6.44. The number of ether oxygens (including phenoxy) is 1. The minimum absolute atomic E-state index is 0.133. The van der Waals surface area contributed by atoms with Crippen molar-refractivity contribution < 1.29 is 9.53 Å². The minimum atomic E-state index is -0.238. The number of nitrogens with zero attached hydrogens (tertiary/aromatic N) is 1. The van der Waals surface area contributed by atoms with Gasteiger partial charge in [0, 0.05) is 25.7 Å². The lowest BCUT2D eigenvalue weighted by Gasteiger charge is -2.16. The molecule has 0 amide bonds. The summed E-state index contributed by atoms with van der Waals surface area (Å²) in [6, 6.07) is 11.2. The zero-order valence-electron chi connectivity index (χ0n) is 21.5. The summed E-state index contributed by atoms with van der Waals surface area (Å²) >= 11 is 0. The Bertz CT molecular complexity index is 872. The predicted molar refractivity (Wildman–Crippen MR) is 142 cm³/mol. The zero-order valence-corrected chi connectivity index (χ0v) is 21.5. The van der Waals surface area contributed by atoms with Crippen LogP contribution >= 0.6 is 0 Å². The molecule has 0 spiro atoms. The lowest BCUT2D eigenvalue weighted by molar-refractivity contribution is 0.0997. The third kappa shape index (κ3) is 10.7. The summed E-state index contributed by atoms with van der Waals surface area (Å²) in [6.45, 7) is 4.78. The van der Waals surface area contributed by atoms with E-state index < -0.39 is 0 Å². The first kappa shape index (κ1) is 27.9. The number of carbonyl (C=O) groups is 1. The molecule has 0 bridgehead atoms. The summed E-state index contributed by atoms with van der Waals surface area (Å²) < 4.78 is 7.72. The van der Waals surface area contributed by atoms with E-state index in [0.29, 0.717) is 5.69 Å². The Hall–Kier alpha value is -2.36. The summed E-state index contributed by atoms with van der Waals surface area (Å²) in [4.78, 5) is 24.8. The first-order chi connectivity index (χ1) is 16.6. The van der Waals surface area contributed by atoms with Crippen LogP contribution in [0.15, 0.2) is 47.4 Å². The number of ketones is 1. The highest BCUT2D eigenvalue weighted by Gasteiger charge is 2.17. The third-order valence-corrected chi connectivity index (χ3v) is 6.44. The fourth-order valence-corrected chi connectivity index (χ4v) is 4.45. The quantitative estimate of drug-likeness (QED) is 0.155. The first-order valence-corrected chi connectivity index (χ1v) is 13.5. The number of hydrogen-bond acceptors (Lipinski definition) is 3.